The molecule has 0 spiro atoms. The molecule has 6 nitrogen and oxygen atoms in total. The topological polar surface area (TPSA) is 51.0 Å². The minimum Gasteiger partial charge on any atom is -0.490 e. The molecule has 1 aromatic heterocycles. The summed E-state index contributed by atoms with van der Waals surface area (Å²) in [5.74, 6) is 1.61. The third-order valence-electron chi connectivity index (χ3n) is 9.68. The molecule has 2 aliphatic rings. The number of aromatic nitrogens is 1. The lowest BCUT2D eigenvalue weighted by atomic mass is 9.88. The van der Waals surface area contributed by atoms with Crippen molar-refractivity contribution in [2.75, 3.05) is 13.1 Å². The van der Waals surface area contributed by atoms with Crippen molar-refractivity contribution >= 4 is 11.1 Å². The highest BCUT2D eigenvalue weighted by atomic mass is 19.4. The van der Waals surface area contributed by atoms with Gasteiger partial charge in [-0.3, -0.25) is 9.80 Å². The maximum absolute atomic E-state index is 12.5. The first-order valence-corrected chi connectivity index (χ1v) is 16.5. The lowest BCUT2D eigenvalue weighted by molar-refractivity contribution is -0.274. The van der Waals surface area contributed by atoms with E-state index in [9.17, 15) is 13.2 Å². The molecule has 2 fully saturated rings. The van der Waals surface area contributed by atoms with E-state index in [2.05, 4.69) is 67.4 Å². The van der Waals surface area contributed by atoms with Gasteiger partial charge in [0.05, 0.1) is 0 Å². The van der Waals surface area contributed by atoms with Crippen LogP contribution in [0.1, 0.15) is 96.9 Å². The van der Waals surface area contributed by atoms with Crippen molar-refractivity contribution in [2.24, 2.45) is 0 Å². The zero-order chi connectivity index (χ0) is 31.4. The molecule has 0 N–H and O–H groups in total. The molecule has 3 heterocycles. The number of likely N-dealkylation sites (tertiary alicyclic amines) is 2. The van der Waals surface area contributed by atoms with E-state index in [0.29, 0.717) is 35.8 Å². The van der Waals surface area contributed by atoms with Gasteiger partial charge in [-0.15, -0.1) is 13.2 Å². The second kappa shape index (κ2) is 14.1. The number of fused-ring (bicyclic) bond motifs is 1. The summed E-state index contributed by atoms with van der Waals surface area (Å²) in [4.78, 5) is 10.2. The zero-order valence-corrected chi connectivity index (χ0v) is 26.8. The molecule has 0 amide bonds. The second-order valence-electron chi connectivity index (χ2n) is 12.9. The van der Waals surface area contributed by atoms with Crippen molar-refractivity contribution in [3.05, 3.63) is 53.9 Å². The lowest BCUT2D eigenvalue weighted by Crippen LogP contribution is -2.49. The average molecular weight is 616 g/mol. The Morgan fingerprint density at radius 3 is 2.27 bits per heavy atom. The van der Waals surface area contributed by atoms with Gasteiger partial charge in [-0.25, -0.2) is 4.98 Å². The maximum Gasteiger partial charge on any atom is 0.573 e. The molecule has 5 rings (SSSR count). The molecule has 0 saturated carbocycles. The van der Waals surface area contributed by atoms with E-state index in [-0.39, 0.29) is 11.9 Å². The summed E-state index contributed by atoms with van der Waals surface area (Å²) >= 11 is 0. The summed E-state index contributed by atoms with van der Waals surface area (Å²) in [6.07, 6.45) is 3.50. The standard InChI is InChI=1S/C35H48F3N3O3/c1-6-27-21-26(16-18-40(27)23(3)4)34-39-32-20-25(10-15-33(32)43-34)9-8-24(5)41-19-17-31(22-28(41)7-2)42-29-11-13-30(14-12-29)44-35(36,37)38/h10-15,20,23-24,26-28,31H,6-9,16-19,21-22H2,1-5H3/t24?,26-,27+,28-,31+/m0/s1. The van der Waals surface area contributed by atoms with Crippen LogP contribution in [0.5, 0.6) is 11.5 Å². The molecule has 0 aliphatic carbocycles. The Kier molecular flexibility index (Phi) is 10.5. The van der Waals surface area contributed by atoms with E-state index in [1.54, 1.807) is 12.1 Å². The number of hydrogen-bond donors (Lipinski definition) is 0. The summed E-state index contributed by atoms with van der Waals surface area (Å²) in [5.41, 5.74) is 3.13. The summed E-state index contributed by atoms with van der Waals surface area (Å²) in [6.45, 7) is 13.4. The molecule has 5 atom stereocenters. The van der Waals surface area contributed by atoms with E-state index >= 15 is 0 Å². The minimum atomic E-state index is -4.70. The maximum atomic E-state index is 12.5. The number of alkyl halides is 3. The Morgan fingerprint density at radius 1 is 0.909 bits per heavy atom. The number of nitrogens with zero attached hydrogens (tertiary/aromatic N) is 3. The lowest BCUT2D eigenvalue weighted by Gasteiger charge is -2.42. The number of ether oxygens (including phenoxy) is 2. The molecule has 0 radical (unpaired) electrons. The molecule has 3 aromatic rings. The number of oxazole rings is 1. The van der Waals surface area contributed by atoms with E-state index in [4.69, 9.17) is 14.1 Å². The van der Waals surface area contributed by atoms with Crippen LogP contribution in [0.15, 0.2) is 46.9 Å². The van der Waals surface area contributed by atoms with E-state index in [0.717, 1.165) is 81.4 Å². The fraction of sp³-hybridized carbons (Fsp3) is 0.629. The Balaban J connectivity index is 1.13. The largest absolute Gasteiger partial charge is 0.573 e. The van der Waals surface area contributed by atoms with Crippen LogP contribution in [0.2, 0.25) is 0 Å². The summed E-state index contributed by atoms with van der Waals surface area (Å²) in [5, 5.41) is 0. The van der Waals surface area contributed by atoms with Crippen molar-refractivity contribution in [1.82, 2.24) is 14.8 Å². The first kappa shape index (κ1) is 32.6. The Bertz CT molecular complexity index is 1340. The smallest absolute Gasteiger partial charge is 0.490 e. The van der Waals surface area contributed by atoms with Crippen LogP contribution >= 0.6 is 0 Å². The molecule has 0 bridgehead atoms. The summed E-state index contributed by atoms with van der Waals surface area (Å²) in [6, 6.07) is 14.1. The summed E-state index contributed by atoms with van der Waals surface area (Å²) in [7, 11) is 0. The first-order chi connectivity index (χ1) is 21.0. The van der Waals surface area contributed by atoms with Gasteiger partial charge in [-0.2, -0.15) is 0 Å². The Hall–Kier alpha value is -2.78. The monoisotopic (exact) mass is 615 g/mol. The number of aryl methyl sites for hydroxylation is 1. The Labute approximate surface area is 259 Å². The number of rotatable bonds is 11. The zero-order valence-electron chi connectivity index (χ0n) is 26.8. The van der Waals surface area contributed by atoms with Crippen molar-refractivity contribution in [1.29, 1.82) is 0 Å². The molecule has 2 aliphatic heterocycles. The van der Waals surface area contributed by atoms with Gasteiger partial charge in [0, 0.05) is 36.6 Å². The highest BCUT2D eigenvalue weighted by molar-refractivity contribution is 5.73. The first-order valence-electron chi connectivity index (χ1n) is 16.5. The van der Waals surface area contributed by atoms with Crippen LogP contribution in [0.25, 0.3) is 11.1 Å². The second-order valence-corrected chi connectivity index (χ2v) is 12.9. The van der Waals surface area contributed by atoms with Crippen molar-refractivity contribution in [3.8, 4) is 11.5 Å². The van der Waals surface area contributed by atoms with Gasteiger partial charge >= 0.3 is 6.36 Å². The molecule has 9 heteroatoms. The van der Waals surface area contributed by atoms with Gasteiger partial charge in [0.25, 0.3) is 0 Å². The van der Waals surface area contributed by atoms with Crippen LogP contribution in [-0.2, 0) is 6.42 Å². The molecule has 1 unspecified atom stereocenters. The van der Waals surface area contributed by atoms with Crippen molar-refractivity contribution in [3.63, 3.8) is 0 Å². The van der Waals surface area contributed by atoms with Crippen molar-refractivity contribution < 1.29 is 27.1 Å². The normalized spacial score (nSPS) is 24.6. The van der Waals surface area contributed by atoms with Crippen LogP contribution in [0.4, 0.5) is 13.2 Å². The highest BCUT2D eigenvalue weighted by Gasteiger charge is 2.34. The predicted molar refractivity (Wildman–Crippen MR) is 167 cm³/mol. The molecular formula is C35H48F3N3O3. The Morgan fingerprint density at radius 2 is 1.59 bits per heavy atom. The SMILES string of the molecule is CC[C@@H]1C[C@@H](c2nc3cc(CCC(C)N4CC[C@@H](Oc5ccc(OC(F)(F)F)cc5)C[C@@H]4CC)ccc3o2)CCN1C(C)C. The van der Waals surface area contributed by atoms with Gasteiger partial charge in [-0.1, -0.05) is 19.9 Å². The fourth-order valence-corrected chi connectivity index (χ4v) is 7.27. The van der Waals surface area contributed by atoms with Crippen LogP contribution in [-0.4, -0.2) is 64.5 Å². The van der Waals surface area contributed by atoms with Crippen LogP contribution < -0.4 is 9.47 Å². The van der Waals surface area contributed by atoms with Gasteiger partial charge < -0.3 is 13.9 Å². The van der Waals surface area contributed by atoms with E-state index < -0.39 is 6.36 Å². The average Bonchev–Trinajstić information content (AvgIpc) is 3.43. The van der Waals surface area contributed by atoms with Gasteiger partial charge in [-0.05, 0) is 121 Å². The fourth-order valence-electron chi connectivity index (χ4n) is 7.27. The third kappa shape index (κ3) is 8.08. The van der Waals surface area contributed by atoms with Crippen LogP contribution in [0, 0.1) is 0 Å². The molecule has 2 saturated heterocycles. The molecule has 2 aromatic carbocycles. The molecule has 44 heavy (non-hydrogen) atoms. The van der Waals surface area contributed by atoms with Gasteiger partial charge in [0.2, 0.25) is 0 Å². The predicted octanol–water partition coefficient (Wildman–Crippen LogP) is 8.74. The third-order valence-corrected chi connectivity index (χ3v) is 9.68. The van der Waals surface area contributed by atoms with Crippen LogP contribution in [0.3, 0.4) is 0 Å². The highest BCUT2D eigenvalue weighted by Crippen LogP contribution is 2.35. The minimum absolute atomic E-state index is 0.0340. The molecule has 242 valence electrons. The number of hydrogen-bond acceptors (Lipinski definition) is 6. The number of halogens is 3. The number of benzene rings is 2. The van der Waals surface area contributed by atoms with Gasteiger partial charge in [0.15, 0.2) is 11.5 Å². The summed E-state index contributed by atoms with van der Waals surface area (Å²) < 4.78 is 53.8. The van der Waals surface area contributed by atoms with Crippen molar-refractivity contribution in [2.45, 2.75) is 129 Å². The van der Waals surface area contributed by atoms with E-state index in [1.807, 2.05) is 0 Å². The quantitative estimate of drug-likeness (QED) is 0.215. The number of piperidine rings is 2. The molecular weight excluding hydrogens is 567 g/mol. The van der Waals surface area contributed by atoms with Gasteiger partial charge in [0.1, 0.15) is 23.1 Å². The van der Waals surface area contributed by atoms with E-state index in [1.165, 1.54) is 17.7 Å².